The van der Waals surface area contributed by atoms with Crippen LogP contribution in [-0.2, 0) is 11.3 Å². The average Bonchev–Trinajstić information content (AvgIpc) is 2.55. The zero-order chi connectivity index (χ0) is 15.9. The third-order valence-electron chi connectivity index (χ3n) is 3.12. The number of halogens is 1. The largest absolute Gasteiger partial charge is 0.497 e. The van der Waals surface area contributed by atoms with E-state index in [2.05, 4.69) is 5.32 Å². The fourth-order valence-corrected chi connectivity index (χ4v) is 1.97. The number of rotatable bonds is 6. The van der Waals surface area contributed by atoms with Crippen LogP contribution in [0.3, 0.4) is 0 Å². The molecule has 0 unspecified atom stereocenters. The molecule has 22 heavy (non-hydrogen) atoms. The first-order chi connectivity index (χ1) is 10.6. The first-order valence-corrected chi connectivity index (χ1v) is 7.29. The Kier molecular flexibility index (Phi) is 5.67. The van der Waals surface area contributed by atoms with Crippen molar-refractivity contribution in [3.8, 4) is 11.5 Å². The van der Waals surface area contributed by atoms with E-state index in [9.17, 15) is 4.79 Å². The number of hydrogen-bond acceptors (Lipinski definition) is 3. The maximum atomic E-state index is 12.0. The Morgan fingerprint density at radius 1 is 1.09 bits per heavy atom. The lowest BCUT2D eigenvalue weighted by Gasteiger charge is -2.15. The molecule has 4 nitrogen and oxygen atoms in total. The molecular formula is C17H18ClNO3. The molecule has 0 aliphatic rings. The summed E-state index contributed by atoms with van der Waals surface area (Å²) in [4.78, 5) is 12.0. The van der Waals surface area contributed by atoms with E-state index in [0.29, 0.717) is 17.3 Å². The number of amides is 1. The number of ether oxygens (including phenoxy) is 2. The van der Waals surface area contributed by atoms with E-state index in [4.69, 9.17) is 21.1 Å². The summed E-state index contributed by atoms with van der Waals surface area (Å²) in [6.45, 7) is 2.15. The summed E-state index contributed by atoms with van der Waals surface area (Å²) in [5, 5.41) is 3.47. The summed E-state index contributed by atoms with van der Waals surface area (Å²) in [5.41, 5.74) is 0.993. The maximum Gasteiger partial charge on any atom is 0.261 e. The molecule has 0 saturated carbocycles. The van der Waals surface area contributed by atoms with Crippen molar-refractivity contribution in [3.63, 3.8) is 0 Å². The molecule has 1 atom stereocenters. The number of methoxy groups -OCH3 is 1. The molecule has 0 spiro atoms. The van der Waals surface area contributed by atoms with Crippen LogP contribution in [0.1, 0.15) is 12.5 Å². The third-order valence-corrected chi connectivity index (χ3v) is 3.37. The molecule has 0 saturated heterocycles. The Morgan fingerprint density at radius 3 is 2.27 bits per heavy atom. The van der Waals surface area contributed by atoms with Crippen LogP contribution in [0.4, 0.5) is 0 Å². The van der Waals surface area contributed by atoms with Crippen LogP contribution < -0.4 is 14.8 Å². The van der Waals surface area contributed by atoms with Gasteiger partial charge in [0.05, 0.1) is 7.11 Å². The number of carbonyl (C=O) groups excluding carboxylic acids is 1. The van der Waals surface area contributed by atoms with Crippen molar-refractivity contribution in [2.24, 2.45) is 0 Å². The van der Waals surface area contributed by atoms with Crippen molar-refractivity contribution in [3.05, 3.63) is 59.1 Å². The van der Waals surface area contributed by atoms with Gasteiger partial charge in [-0.1, -0.05) is 23.7 Å². The standard InChI is InChI=1S/C17H18ClNO3/c1-12(22-16-9-5-14(18)6-10-16)17(20)19-11-13-3-7-15(21-2)8-4-13/h3-10,12H,11H2,1-2H3,(H,19,20)/t12-/m1/s1. The molecule has 0 aliphatic heterocycles. The first kappa shape index (κ1) is 16.2. The highest BCUT2D eigenvalue weighted by molar-refractivity contribution is 6.30. The van der Waals surface area contributed by atoms with Gasteiger partial charge in [0.1, 0.15) is 11.5 Å². The van der Waals surface area contributed by atoms with Gasteiger partial charge in [-0.15, -0.1) is 0 Å². The predicted molar refractivity (Wildman–Crippen MR) is 86.4 cm³/mol. The van der Waals surface area contributed by atoms with Gasteiger partial charge in [-0.05, 0) is 48.9 Å². The van der Waals surface area contributed by atoms with Gasteiger partial charge in [0.15, 0.2) is 6.10 Å². The van der Waals surface area contributed by atoms with Gasteiger partial charge >= 0.3 is 0 Å². The van der Waals surface area contributed by atoms with Crippen LogP contribution in [-0.4, -0.2) is 19.1 Å². The van der Waals surface area contributed by atoms with Gasteiger partial charge in [-0.3, -0.25) is 4.79 Å². The Balaban J connectivity index is 1.84. The van der Waals surface area contributed by atoms with Crippen molar-refractivity contribution >= 4 is 17.5 Å². The van der Waals surface area contributed by atoms with Gasteiger partial charge < -0.3 is 14.8 Å². The van der Waals surface area contributed by atoms with Crippen molar-refractivity contribution in [2.45, 2.75) is 19.6 Å². The molecule has 2 aromatic rings. The van der Waals surface area contributed by atoms with Gasteiger partial charge in [0.2, 0.25) is 0 Å². The van der Waals surface area contributed by atoms with Gasteiger partial charge in [0.25, 0.3) is 5.91 Å². The molecule has 0 heterocycles. The second-order valence-electron chi connectivity index (χ2n) is 4.78. The van der Waals surface area contributed by atoms with Crippen LogP contribution in [0.15, 0.2) is 48.5 Å². The van der Waals surface area contributed by atoms with E-state index >= 15 is 0 Å². The van der Waals surface area contributed by atoms with Crippen LogP contribution in [0, 0.1) is 0 Å². The normalized spacial score (nSPS) is 11.6. The summed E-state index contributed by atoms with van der Waals surface area (Å²) in [7, 11) is 1.62. The first-order valence-electron chi connectivity index (χ1n) is 6.91. The Hall–Kier alpha value is -2.20. The highest BCUT2D eigenvalue weighted by atomic mass is 35.5. The van der Waals surface area contributed by atoms with Gasteiger partial charge in [-0.2, -0.15) is 0 Å². The van der Waals surface area contributed by atoms with Crippen molar-refractivity contribution in [1.82, 2.24) is 5.32 Å². The van der Waals surface area contributed by atoms with Crippen LogP contribution in [0.25, 0.3) is 0 Å². The van der Waals surface area contributed by atoms with E-state index < -0.39 is 6.10 Å². The monoisotopic (exact) mass is 319 g/mol. The Morgan fingerprint density at radius 2 is 1.68 bits per heavy atom. The van der Waals surface area contributed by atoms with E-state index in [1.165, 1.54) is 0 Å². The van der Waals surface area contributed by atoms with Gasteiger partial charge in [0, 0.05) is 11.6 Å². The molecule has 0 radical (unpaired) electrons. The smallest absolute Gasteiger partial charge is 0.261 e. The minimum absolute atomic E-state index is 0.175. The Bertz CT molecular complexity index is 611. The van der Waals surface area contributed by atoms with Crippen molar-refractivity contribution in [2.75, 3.05) is 7.11 Å². The molecule has 0 aliphatic carbocycles. The topological polar surface area (TPSA) is 47.6 Å². The molecule has 0 bridgehead atoms. The van der Waals surface area contributed by atoms with Crippen molar-refractivity contribution in [1.29, 1.82) is 0 Å². The molecule has 116 valence electrons. The zero-order valence-corrected chi connectivity index (χ0v) is 13.3. The molecule has 0 aromatic heterocycles. The number of carbonyl (C=O) groups is 1. The maximum absolute atomic E-state index is 12.0. The lowest BCUT2D eigenvalue weighted by molar-refractivity contribution is -0.127. The quantitative estimate of drug-likeness (QED) is 0.887. The third kappa shape index (κ3) is 4.67. The predicted octanol–water partition coefficient (Wildman–Crippen LogP) is 3.43. The molecule has 2 rings (SSSR count). The minimum Gasteiger partial charge on any atom is -0.497 e. The fraction of sp³-hybridized carbons (Fsp3) is 0.235. The van der Waals surface area contributed by atoms with E-state index in [-0.39, 0.29) is 5.91 Å². The van der Waals surface area contributed by atoms with Crippen LogP contribution in [0.2, 0.25) is 5.02 Å². The van der Waals surface area contributed by atoms with E-state index in [1.807, 2.05) is 24.3 Å². The summed E-state index contributed by atoms with van der Waals surface area (Å²) >= 11 is 5.81. The fourth-order valence-electron chi connectivity index (χ4n) is 1.85. The molecular weight excluding hydrogens is 302 g/mol. The van der Waals surface area contributed by atoms with E-state index in [0.717, 1.165) is 11.3 Å². The van der Waals surface area contributed by atoms with Crippen LogP contribution >= 0.6 is 11.6 Å². The van der Waals surface area contributed by atoms with Crippen LogP contribution in [0.5, 0.6) is 11.5 Å². The number of hydrogen-bond donors (Lipinski definition) is 1. The summed E-state index contributed by atoms with van der Waals surface area (Å²) < 4.78 is 10.7. The second kappa shape index (κ2) is 7.71. The summed E-state index contributed by atoms with van der Waals surface area (Å²) in [5.74, 6) is 1.22. The van der Waals surface area contributed by atoms with Gasteiger partial charge in [-0.25, -0.2) is 0 Å². The SMILES string of the molecule is COc1ccc(CNC(=O)[C@@H](C)Oc2ccc(Cl)cc2)cc1. The number of nitrogens with one attached hydrogen (secondary N) is 1. The second-order valence-corrected chi connectivity index (χ2v) is 5.22. The van der Waals surface area contributed by atoms with Crippen molar-refractivity contribution < 1.29 is 14.3 Å². The average molecular weight is 320 g/mol. The zero-order valence-electron chi connectivity index (χ0n) is 12.5. The lowest BCUT2D eigenvalue weighted by atomic mass is 10.2. The molecule has 2 aromatic carbocycles. The minimum atomic E-state index is -0.584. The molecule has 0 fully saturated rings. The number of benzene rings is 2. The molecule has 5 heteroatoms. The summed E-state index contributed by atoms with van der Waals surface area (Å²) in [6, 6.07) is 14.4. The summed E-state index contributed by atoms with van der Waals surface area (Å²) in [6.07, 6.45) is -0.584. The Labute approximate surface area is 135 Å². The van der Waals surface area contributed by atoms with E-state index in [1.54, 1.807) is 38.3 Å². The highest BCUT2D eigenvalue weighted by Crippen LogP contribution is 2.17. The molecule has 1 amide bonds. The molecule has 1 N–H and O–H groups in total. The lowest BCUT2D eigenvalue weighted by Crippen LogP contribution is -2.35. The highest BCUT2D eigenvalue weighted by Gasteiger charge is 2.14.